The lowest BCUT2D eigenvalue weighted by atomic mass is 10.2. The summed E-state index contributed by atoms with van der Waals surface area (Å²) in [7, 11) is 0. The number of para-hydroxylation sites is 1. The number of hydrogen-bond donors (Lipinski definition) is 1. The fraction of sp³-hybridized carbons (Fsp3) is 0. The molecule has 0 unspecified atom stereocenters. The van der Waals surface area contributed by atoms with Crippen LogP contribution in [0, 0.1) is 10.1 Å². The van der Waals surface area contributed by atoms with Crippen molar-refractivity contribution in [3.8, 4) is 11.5 Å². The molecule has 1 N–H and O–H groups in total. The van der Waals surface area contributed by atoms with Gasteiger partial charge in [-0.3, -0.25) is 10.1 Å². The van der Waals surface area contributed by atoms with E-state index in [0.717, 1.165) is 0 Å². The predicted molar refractivity (Wildman–Crippen MR) is 81.1 cm³/mol. The van der Waals surface area contributed by atoms with Gasteiger partial charge in [-0.2, -0.15) is 0 Å². The number of nitrogens with one attached hydrogen (secondary N) is 1. The van der Waals surface area contributed by atoms with Gasteiger partial charge in [0.1, 0.15) is 5.56 Å². The van der Waals surface area contributed by atoms with Gasteiger partial charge in [0.05, 0.1) is 4.92 Å². The van der Waals surface area contributed by atoms with Gasteiger partial charge in [-0.25, -0.2) is 0 Å². The Balaban J connectivity index is 1.88. The summed E-state index contributed by atoms with van der Waals surface area (Å²) in [6, 6.07) is 13.2. The standard InChI is InChI=1S/C14H9ClN4O3/c15-9-5-7-10(8-6-9)16-14-18-17-13(22-14)11-3-1-2-4-12(11)19(20)21/h1-8H,(H,16,18). The van der Waals surface area contributed by atoms with Gasteiger partial charge in [-0.05, 0) is 30.3 Å². The minimum atomic E-state index is -0.494. The zero-order valence-electron chi connectivity index (χ0n) is 11.1. The highest BCUT2D eigenvalue weighted by Crippen LogP contribution is 2.29. The molecule has 0 saturated heterocycles. The largest absolute Gasteiger partial charge is 0.403 e. The van der Waals surface area contributed by atoms with Gasteiger partial charge >= 0.3 is 6.01 Å². The fourth-order valence-corrected chi connectivity index (χ4v) is 1.98. The van der Waals surface area contributed by atoms with Crippen LogP contribution in [0.15, 0.2) is 52.9 Å². The lowest BCUT2D eigenvalue weighted by Gasteiger charge is -2.00. The summed E-state index contributed by atoms with van der Waals surface area (Å²) in [5.74, 6) is 0.0729. The molecule has 3 aromatic rings. The Kier molecular flexibility index (Phi) is 3.71. The Bertz CT molecular complexity index is 817. The molecule has 0 amide bonds. The average Bonchev–Trinajstić information content (AvgIpc) is 2.98. The van der Waals surface area contributed by atoms with E-state index >= 15 is 0 Å². The second-order valence-corrected chi connectivity index (χ2v) is 4.75. The van der Waals surface area contributed by atoms with Gasteiger partial charge in [0.25, 0.3) is 11.6 Å². The molecule has 0 atom stereocenters. The van der Waals surface area contributed by atoms with E-state index < -0.39 is 4.92 Å². The molecule has 7 nitrogen and oxygen atoms in total. The number of hydrogen-bond acceptors (Lipinski definition) is 6. The van der Waals surface area contributed by atoms with Crippen LogP contribution in [0.1, 0.15) is 0 Å². The molecule has 0 bridgehead atoms. The predicted octanol–water partition coefficient (Wildman–Crippen LogP) is 4.04. The van der Waals surface area contributed by atoms with Gasteiger partial charge in [0, 0.05) is 16.8 Å². The number of halogens is 1. The average molecular weight is 317 g/mol. The van der Waals surface area contributed by atoms with Crippen molar-refractivity contribution in [3.05, 3.63) is 63.7 Å². The first-order valence-electron chi connectivity index (χ1n) is 6.23. The lowest BCUT2D eigenvalue weighted by molar-refractivity contribution is -0.384. The Morgan fingerprint density at radius 3 is 2.55 bits per heavy atom. The highest BCUT2D eigenvalue weighted by atomic mass is 35.5. The summed E-state index contributed by atoms with van der Waals surface area (Å²) in [5.41, 5.74) is 0.885. The van der Waals surface area contributed by atoms with Crippen LogP contribution in [-0.2, 0) is 0 Å². The Morgan fingerprint density at radius 2 is 1.82 bits per heavy atom. The zero-order chi connectivity index (χ0) is 15.5. The molecule has 3 rings (SSSR count). The van der Waals surface area contributed by atoms with E-state index in [1.807, 2.05) is 0 Å². The second kappa shape index (κ2) is 5.82. The molecular weight excluding hydrogens is 308 g/mol. The van der Waals surface area contributed by atoms with Crippen molar-refractivity contribution < 1.29 is 9.34 Å². The highest BCUT2D eigenvalue weighted by Gasteiger charge is 2.19. The van der Waals surface area contributed by atoms with E-state index in [1.54, 1.807) is 42.5 Å². The van der Waals surface area contributed by atoms with Gasteiger partial charge < -0.3 is 9.73 Å². The molecule has 0 saturated carbocycles. The molecule has 0 radical (unpaired) electrons. The van der Waals surface area contributed by atoms with Crippen molar-refractivity contribution in [2.75, 3.05) is 5.32 Å². The van der Waals surface area contributed by atoms with Crippen LogP contribution >= 0.6 is 11.6 Å². The van der Waals surface area contributed by atoms with E-state index in [9.17, 15) is 10.1 Å². The van der Waals surface area contributed by atoms with Crippen LogP contribution in [0.3, 0.4) is 0 Å². The van der Waals surface area contributed by atoms with Crippen LogP contribution in [0.5, 0.6) is 0 Å². The van der Waals surface area contributed by atoms with Crippen molar-refractivity contribution in [1.82, 2.24) is 10.2 Å². The monoisotopic (exact) mass is 316 g/mol. The van der Waals surface area contributed by atoms with E-state index in [2.05, 4.69) is 15.5 Å². The second-order valence-electron chi connectivity index (χ2n) is 4.32. The van der Waals surface area contributed by atoms with Crippen LogP contribution in [0.4, 0.5) is 17.4 Å². The van der Waals surface area contributed by atoms with Gasteiger partial charge in [-0.1, -0.05) is 28.8 Å². The molecule has 0 aliphatic rings. The number of rotatable bonds is 4. The molecule has 1 heterocycles. The van der Waals surface area contributed by atoms with Crippen LogP contribution < -0.4 is 5.32 Å². The smallest absolute Gasteiger partial charge is 0.320 e. The maximum absolute atomic E-state index is 11.0. The number of anilines is 2. The molecule has 110 valence electrons. The lowest BCUT2D eigenvalue weighted by Crippen LogP contribution is -1.91. The highest BCUT2D eigenvalue weighted by molar-refractivity contribution is 6.30. The van der Waals surface area contributed by atoms with Crippen LogP contribution in [0.2, 0.25) is 5.02 Å². The number of aromatic nitrogens is 2. The van der Waals surface area contributed by atoms with E-state index in [0.29, 0.717) is 10.7 Å². The van der Waals surface area contributed by atoms with Crippen LogP contribution in [0.25, 0.3) is 11.5 Å². The third-order valence-electron chi connectivity index (χ3n) is 2.85. The molecule has 1 aromatic heterocycles. The molecule has 0 aliphatic heterocycles. The maximum atomic E-state index is 11.0. The van der Waals surface area contributed by atoms with Gasteiger partial charge in [0.2, 0.25) is 0 Å². The molecule has 22 heavy (non-hydrogen) atoms. The summed E-state index contributed by atoms with van der Waals surface area (Å²) >= 11 is 5.80. The summed E-state index contributed by atoms with van der Waals surface area (Å²) in [6.07, 6.45) is 0. The number of nitro groups is 1. The Hall–Kier alpha value is -2.93. The SMILES string of the molecule is O=[N+]([O-])c1ccccc1-c1nnc(Nc2ccc(Cl)cc2)o1. The minimum absolute atomic E-state index is 0.0729. The van der Waals surface area contributed by atoms with E-state index in [1.165, 1.54) is 6.07 Å². The molecule has 0 fully saturated rings. The molecular formula is C14H9ClN4O3. The van der Waals surface area contributed by atoms with Crippen molar-refractivity contribution in [2.45, 2.75) is 0 Å². The number of benzene rings is 2. The van der Waals surface area contributed by atoms with Gasteiger partial charge in [0.15, 0.2) is 0 Å². The minimum Gasteiger partial charge on any atom is -0.403 e. The first-order valence-corrected chi connectivity index (χ1v) is 6.61. The number of nitro benzene ring substituents is 1. The quantitative estimate of drug-likeness (QED) is 0.576. The summed E-state index contributed by atoms with van der Waals surface area (Å²) in [6.45, 7) is 0. The third-order valence-corrected chi connectivity index (χ3v) is 3.10. The summed E-state index contributed by atoms with van der Waals surface area (Å²) < 4.78 is 5.42. The first kappa shape index (κ1) is 14.0. The van der Waals surface area contributed by atoms with Crippen molar-refractivity contribution in [1.29, 1.82) is 0 Å². The number of nitrogens with zero attached hydrogens (tertiary/aromatic N) is 3. The fourth-order valence-electron chi connectivity index (χ4n) is 1.85. The Morgan fingerprint density at radius 1 is 1.09 bits per heavy atom. The summed E-state index contributed by atoms with van der Waals surface area (Å²) in [5, 5.41) is 22.2. The molecule has 0 aliphatic carbocycles. The summed E-state index contributed by atoms with van der Waals surface area (Å²) in [4.78, 5) is 10.5. The molecule has 0 spiro atoms. The topological polar surface area (TPSA) is 94.1 Å². The third kappa shape index (κ3) is 2.89. The van der Waals surface area contributed by atoms with Gasteiger partial charge in [-0.15, -0.1) is 5.10 Å². The van der Waals surface area contributed by atoms with E-state index in [4.69, 9.17) is 16.0 Å². The van der Waals surface area contributed by atoms with Crippen molar-refractivity contribution in [2.24, 2.45) is 0 Å². The molecule has 8 heteroatoms. The maximum Gasteiger partial charge on any atom is 0.320 e. The van der Waals surface area contributed by atoms with Crippen molar-refractivity contribution in [3.63, 3.8) is 0 Å². The Labute approximate surface area is 129 Å². The van der Waals surface area contributed by atoms with Crippen molar-refractivity contribution >= 4 is 29.0 Å². The van der Waals surface area contributed by atoms with E-state index in [-0.39, 0.29) is 23.2 Å². The zero-order valence-corrected chi connectivity index (χ0v) is 11.8. The normalized spacial score (nSPS) is 10.4. The van der Waals surface area contributed by atoms with Crippen LogP contribution in [-0.4, -0.2) is 15.1 Å². The molecule has 2 aromatic carbocycles. The first-order chi connectivity index (χ1) is 10.6.